The number of carbonyl (C=O) groups excluding carboxylic acids is 2. The fourth-order valence-electron chi connectivity index (χ4n) is 2.75. The van der Waals surface area contributed by atoms with E-state index in [4.69, 9.17) is 15.2 Å². The zero-order chi connectivity index (χ0) is 12.4. The number of unbranched alkanes of at least 4 members (excludes halogenated alkanes) is 1. The highest BCUT2D eigenvalue weighted by molar-refractivity contribution is 5.86. The standard InChI is InChI=1S/C12H19NO4/c1-2-3-6-16-12(15)10-8-5-4-7(17-8)9(10)11(13)14/h7-10H,2-6H2,1H3,(H2,13,14)/t7-,8-,9-,10+/m0/s1. The maximum Gasteiger partial charge on any atom is 0.312 e. The van der Waals surface area contributed by atoms with E-state index in [2.05, 4.69) is 0 Å². The van der Waals surface area contributed by atoms with E-state index in [0.29, 0.717) is 6.61 Å². The van der Waals surface area contributed by atoms with Gasteiger partial charge in [-0.1, -0.05) is 13.3 Å². The first kappa shape index (κ1) is 12.4. The van der Waals surface area contributed by atoms with Crippen LogP contribution in [0.1, 0.15) is 32.6 Å². The molecular weight excluding hydrogens is 222 g/mol. The van der Waals surface area contributed by atoms with Gasteiger partial charge in [0.05, 0.1) is 30.7 Å². The second-order valence-corrected chi connectivity index (χ2v) is 4.77. The van der Waals surface area contributed by atoms with Gasteiger partial charge in [-0.3, -0.25) is 9.59 Å². The summed E-state index contributed by atoms with van der Waals surface area (Å²) in [5.41, 5.74) is 5.34. The smallest absolute Gasteiger partial charge is 0.312 e. The third-order valence-corrected chi connectivity index (χ3v) is 3.62. The summed E-state index contributed by atoms with van der Waals surface area (Å²) in [6.45, 7) is 2.44. The number of fused-ring (bicyclic) bond motifs is 2. The highest BCUT2D eigenvalue weighted by Crippen LogP contribution is 2.43. The Hall–Kier alpha value is -1.10. The van der Waals surface area contributed by atoms with Gasteiger partial charge in [0.2, 0.25) is 5.91 Å². The SMILES string of the molecule is CCCCOC(=O)[C@H]1[C@@H](C(N)=O)[C@@H]2CC[C@@H]1O2. The van der Waals surface area contributed by atoms with Crippen LogP contribution in [0.4, 0.5) is 0 Å². The lowest BCUT2D eigenvalue weighted by Crippen LogP contribution is -2.42. The summed E-state index contributed by atoms with van der Waals surface area (Å²) in [5.74, 6) is -1.75. The third kappa shape index (κ3) is 2.29. The quantitative estimate of drug-likeness (QED) is 0.565. The molecule has 0 radical (unpaired) electrons. The molecule has 5 heteroatoms. The Balaban J connectivity index is 1.98. The van der Waals surface area contributed by atoms with Crippen molar-refractivity contribution in [2.45, 2.75) is 44.8 Å². The average molecular weight is 241 g/mol. The van der Waals surface area contributed by atoms with Crippen molar-refractivity contribution in [3.8, 4) is 0 Å². The molecule has 17 heavy (non-hydrogen) atoms. The Labute approximate surface area is 101 Å². The molecule has 0 aromatic carbocycles. The van der Waals surface area contributed by atoms with E-state index in [1.54, 1.807) is 0 Å². The molecular formula is C12H19NO4. The fraction of sp³-hybridized carbons (Fsp3) is 0.833. The predicted molar refractivity (Wildman–Crippen MR) is 59.9 cm³/mol. The molecule has 5 nitrogen and oxygen atoms in total. The maximum absolute atomic E-state index is 11.9. The highest BCUT2D eigenvalue weighted by atomic mass is 16.5. The third-order valence-electron chi connectivity index (χ3n) is 3.62. The van der Waals surface area contributed by atoms with Gasteiger partial charge in [-0.15, -0.1) is 0 Å². The van der Waals surface area contributed by atoms with Crippen LogP contribution in [-0.4, -0.2) is 30.7 Å². The molecule has 0 aliphatic carbocycles. The van der Waals surface area contributed by atoms with Gasteiger partial charge in [-0.25, -0.2) is 0 Å². The number of hydrogen-bond donors (Lipinski definition) is 1. The van der Waals surface area contributed by atoms with Crippen molar-refractivity contribution in [2.75, 3.05) is 6.61 Å². The van der Waals surface area contributed by atoms with Crippen LogP contribution in [0.3, 0.4) is 0 Å². The fourth-order valence-corrected chi connectivity index (χ4v) is 2.75. The van der Waals surface area contributed by atoms with E-state index in [0.717, 1.165) is 25.7 Å². The lowest BCUT2D eigenvalue weighted by atomic mass is 9.79. The van der Waals surface area contributed by atoms with Crippen LogP contribution in [0, 0.1) is 11.8 Å². The van der Waals surface area contributed by atoms with Crippen molar-refractivity contribution < 1.29 is 19.1 Å². The van der Waals surface area contributed by atoms with Gasteiger partial charge < -0.3 is 15.2 Å². The Morgan fingerprint density at radius 3 is 2.53 bits per heavy atom. The zero-order valence-electron chi connectivity index (χ0n) is 10.1. The number of carbonyl (C=O) groups is 2. The molecule has 2 aliphatic heterocycles. The molecule has 96 valence electrons. The molecule has 0 aromatic rings. The Bertz CT molecular complexity index is 318. The predicted octanol–water partition coefficient (Wildman–Crippen LogP) is 0.609. The molecule has 2 saturated heterocycles. The molecule has 0 spiro atoms. The summed E-state index contributed by atoms with van der Waals surface area (Å²) in [7, 11) is 0. The second kappa shape index (κ2) is 5.04. The Kier molecular flexibility index (Phi) is 3.66. The van der Waals surface area contributed by atoms with Crippen LogP contribution >= 0.6 is 0 Å². The molecule has 2 heterocycles. The number of esters is 1. The van der Waals surface area contributed by atoms with Gasteiger partial charge in [-0.2, -0.15) is 0 Å². The van der Waals surface area contributed by atoms with Crippen LogP contribution in [0.15, 0.2) is 0 Å². The van der Waals surface area contributed by atoms with Gasteiger partial charge in [-0.05, 0) is 19.3 Å². The molecule has 2 bridgehead atoms. The van der Waals surface area contributed by atoms with E-state index in [1.807, 2.05) is 6.92 Å². The van der Waals surface area contributed by atoms with Crippen LogP contribution in [0.25, 0.3) is 0 Å². The van der Waals surface area contributed by atoms with Gasteiger partial charge >= 0.3 is 5.97 Å². The first-order chi connectivity index (χ1) is 8.15. The summed E-state index contributed by atoms with van der Waals surface area (Å²) in [6.07, 6.45) is 3.10. The van der Waals surface area contributed by atoms with Crippen molar-refractivity contribution in [3.63, 3.8) is 0 Å². The molecule has 1 amide bonds. The van der Waals surface area contributed by atoms with E-state index >= 15 is 0 Å². The lowest BCUT2D eigenvalue weighted by Gasteiger charge is -2.23. The lowest BCUT2D eigenvalue weighted by molar-refractivity contribution is -0.153. The van der Waals surface area contributed by atoms with Crippen molar-refractivity contribution in [1.82, 2.24) is 0 Å². The Morgan fingerprint density at radius 1 is 1.29 bits per heavy atom. The van der Waals surface area contributed by atoms with E-state index < -0.39 is 17.7 Å². The zero-order valence-corrected chi connectivity index (χ0v) is 10.1. The summed E-state index contributed by atoms with van der Waals surface area (Å²) >= 11 is 0. The van der Waals surface area contributed by atoms with Crippen LogP contribution in [0.2, 0.25) is 0 Å². The number of hydrogen-bond acceptors (Lipinski definition) is 4. The van der Waals surface area contributed by atoms with Gasteiger partial charge in [0.15, 0.2) is 0 Å². The molecule has 0 aromatic heterocycles. The molecule has 4 atom stereocenters. The Morgan fingerprint density at radius 2 is 1.94 bits per heavy atom. The van der Waals surface area contributed by atoms with Crippen molar-refractivity contribution in [1.29, 1.82) is 0 Å². The van der Waals surface area contributed by atoms with Gasteiger partial charge in [0, 0.05) is 0 Å². The molecule has 0 saturated carbocycles. The summed E-state index contributed by atoms with van der Waals surface area (Å²) in [6, 6.07) is 0. The average Bonchev–Trinajstić information content (AvgIpc) is 2.88. The summed E-state index contributed by atoms with van der Waals surface area (Å²) in [4.78, 5) is 23.3. The number of nitrogens with two attached hydrogens (primary N) is 1. The number of ether oxygens (including phenoxy) is 2. The van der Waals surface area contributed by atoms with Crippen molar-refractivity contribution in [2.24, 2.45) is 17.6 Å². The molecule has 2 aliphatic rings. The maximum atomic E-state index is 11.9. The van der Waals surface area contributed by atoms with Crippen LogP contribution < -0.4 is 5.73 Å². The molecule has 2 fully saturated rings. The van der Waals surface area contributed by atoms with Crippen molar-refractivity contribution in [3.05, 3.63) is 0 Å². The van der Waals surface area contributed by atoms with Crippen molar-refractivity contribution >= 4 is 11.9 Å². The number of primary amides is 1. The topological polar surface area (TPSA) is 78.6 Å². The molecule has 0 unspecified atom stereocenters. The van der Waals surface area contributed by atoms with E-state index in [-0.39, 0.29) is 18.2 Å². The minimum atomic E-state index is -0.497. The number of amides is 1. The largest absolute Gasteiger partial charge is 0.465 e. The van der Waals surface area contributed by atoms with Gasteiger partial charge in [0.1, 0.15) is 0 Å². The first-order valence-corrected chi connectivity index (χ1v) is 6.26. The summed E-state index contributed by atoms with van der Waals surface area (Å²) < 4.78 is 10.8. The number of rotatable bonds is 5. The minimum absolute atomic E-state index is 0.174. The summed E-state index contributed by atoms with van der Waals surface area (Å²) in [5, 5.41) is 0. The van der Waals surface area contributed by atoms with Crippen LogP contribution in [-0.2, 0) is 19.1 Å². The van der Waals surface area contributed by atoms with Crippen LogP contribution in [0.5, 0.6) is 0 Å². The minimum Gasteiger partial charge on any atom is -0.465 e. The van der Waals surface area contributed by atoms with Gasteiger partial charge in [0.25, 0.3) is 0 Å². The second-order valence-electron chi connectivity index (χ2n) is 4.77. The monoisotopic (exact) mass is 241 g/mol. The highest BCUT2D eigenvalue weighted by Gasteiger charge is 2.55. The molecule has 2 rings (SSSR count). The first-order valence-electron chi connectivity index (χ1n) is 6.26. The molecule has 2 N–H and O–H groups in total. The van der Waals surface area contributed by atoms with E-state index in [1.165, 1.54) is 0 Å². The normalized spacial score (nSPS) is 34.9. The van der Waals surface area contributed by atoms with E-state index in [9.17, 15) is 9.59 Å².